The number of hydrogen-bond donors (Lipinski definition) is 2. The van der Waals surface area contributed by atoms with Crippen molar-refractivity contribution in [1.82, 2.24) is 30.3 Å². The van der Waals surface area contributed by atoms with Crippen molar-refractivity contribution < 1.29 is 9.32 Å². The summed E-state index contributed by atoms with van der Waals surface area (Å²) in [4.78, 5) is 26.2. The number of H-pyrrole nitrogens is 1. The van der Waals surface area contributed by atoms with Crippen LogP contribution in [0, 0.1) is 6.92 Å². The molecule has 1 aliphatic heterocycles. The van der Waals surface area contributed by atoms with Crippen molar-refractivity contribution in [2.45, 2.75) is 32.2 Å². The number of piperidine rings is 1. The number of aromatic nitrogens is 4. The number of imidazole rings is 1. The first-order chi connectivity index (χ1) is 12.6. The van der Waals surface area contributed by atoms with E-state index in [9.17, 15) is 4.79 Å². The van der Waals surface area contributed by atoms with Gasteiger partial charge in [-0.2, -0.15) is 4.98 Å². The molecule has 3 heterocycles. The fraction of sp³-hybridized carbons (Fsp3) is 0.412. The Balaban J connectivity index is 1.37. The molecule has 2 aromatic heterocycles. The lowest BCUT2D eigenvalue weighted by molar-refractivity contribution is 0.177. The van der Waals surface area contributed by atoms with E-state index in [0.717, 1.165) is 30.4 Å². The van der Waals surface area contributed by atoms with Crippen molar-refractivity contribution in [3.63, 3.8) is 0 Å². The molecule has 136 valence electrons. The summed E-state index contributed by atoms with van der Waals surface area (Å²) in [7, 11) is 0. The normalized spacial score (nSPS) is 17.6. The van der Waals surface area contributed by atoms with Gasteiger partial charge in [0, 0.05) is 31.0 Å². The maximum Gasteiger partial charge on any atom is 0.317 e. The van der Waals surface area contributed by atoms with Gasteiger partial charge < -0.3 is 19.7 Å². The van der Waals surface area contributed by atoms with Crippen LogP contribution in [-0.4, -0.2) is 44.1 Å². The Labute approximate surface area is 154 Å². The smallest absolute Gasteiger partial charge is 0.317 e. The highest BCUT2D eigenvalue weighted by Gasteiger charge is 2.27. The highest BCUT2D eigenvalue weighted by molar-refractivity contribution is 6.31. The molecular weight excluding hydrogens is 356 g/mol. The van der Waals surface area contributed by atoms with Gasteiger partial charge in [0.25, 0.3) is 0 Å². The molecule has 1 aromatic carbocycles. The number of amides is 2. The molecular formula is C17H19ClN6O2. The predicted molar refractivity (Wildman–Crippen MR) is 95.9 cm³/mol. The standard InChI is InChI=1S/C17H19ClN6O2/c1-10-20-16(23-26-10)11-3-2-6-24(9-11)17(25)19-8-15-21-13-5-4-12(18)7-14(13)22-15/h4-5,7,11H,2-3,6,8-9H2,1H3,(H,19,25)(H,21,22)/t11-/m1/s1. The minimum atomic E-state index is -0.117. The summed E-state index contributed by atoms with van der Waals surface area (Å²) in [5, 5.41) is 7.55. The van der Waals surface area contributed by atoms with Crippen LogP contribution in [0.1, 0.15) is 36.3 Å². The number of carbonyl (C=O) groups excluding carboxylic acids is 1. The van der Waals surface area contributed by atoms with Crippen molar-refractivity contribution in [2.75, 3.05) is 13.1 Å². The molecule has 2 amide bonds. The van der Waals surface area contributed by atoms with E-state index in [2.05, 4.69) is 25.4 Å². The van der Waals surface area contributed by atoms with Gasteiger partial charge in [-0.25, -0.2) is 9.78 Å². The minimum Gasteiger partial charge on any atom is -0.340 e. The van der Waals surface area contributed by atoms with Gasteiger partial charge >= 0.3 is 6.03 Å². The Kier molecular flexibility index (Phi) is 4.50. The molecule has 0 radical (unpaired) electrons. The summed E-state index contributed by atoms with van der Waals surface area (Å²) < 4.78 is 5.05. The van der Waals surface area contributed by atoms with E-state index in [4.69, 9.17) is 16.1 Å². The van der Waals surface area contributed by atoms with Gasteiger partial charge in [-0.1, -0.05) is 16.8 Å². The fourth-order valence-corrected chi connectivity index (χ4v) is 3.41. The molecule has 26 heavy (non-hydrogen) atoms. The monoisotopic (exact) mass is 374 g/mol. The van der Waals surface area contributed by atoms with Crippen LogP contribution in [-0.2, 0) is 6.54 Å². The fourth-order valence-electron chi connectivity index (χ4n) is 3.24. The van der Waals surface area contributed by atoms with Crippen LogP contribution in [0.2, 0.25) is 5.02 Å². The lowest BCUT2D eigenvalue weighted by Crippen LogP contribution is -2.45. The highest BCUT2D eigenvalue weighted by Crippen LogP contribution is 2.25. The number of likely N-dealkylation sites (tertiary alicyclic amines) is 1. The number of fused-ring (bicyclic) bond motifs is 1. The topological polar surface area (TPSA) is 99.9 Å². The molecule has 2 N–H and O–H groups in total. The van der Waals surface area contributed by atoms with Crippen molar-refractivity contribution in [2.24, 2.45) is 0 Å². The molecule has 9 heteroatoms. The van der Waals surface area contributed by atoms with E-state index in [-0.39, 0.29) is 11.9 Å². The third kappa shape index (κ3) is 3.50. The summed E-state index contributed by atoms with van der Waals surface area (Å²) in [6.45, 7) is 3.40. The molecule has 8 nitrogen and oxygen atoms in total. The van der Waals surface area contributed by atoms with Gasteiger partial charge in [0.1, 0.15) is 5.82 Å². The molecule has 3 aromatic rings. The number of carbonyl (C=O) groups is 1. The number of hydrogen-bond acceptors (Lipinski definition) is 5. The van der Waals surface area contributed by atoms with Crippen LogP contribution in [0.25, 0.3) is 11.0 Å². The molecule has 0 saturated carbocycles. The largest absolute Gasteiger partial charge is 0.340 e. The number of nitrogens with one attached hydrogen (secondary N) is 2. The Bertz CT molecular complexity index is 936. The number of halogens is 1. The molecule has 0 aliphatic carbocycles. The SMILES string of the molecule is Cc1nc([C@@H]2CCCN(C(=O)NCc3nc4ccc(Cl)cc4[nH]3)C2)no1. The molecule has 0 spiro atoms. The second-order valence-electron chi connectivity index (χ2n) is 6.46. The Morgan fingerprint density at radius 1 is 1.46 bits per heavy atom. The van der Waals surface area contributed by atoms with Crippen LogP contribution in [0.4, 0.5) is 4.79 Å². The average molecular weight is 375 g/mol. The first-order valence-corrected chi connectivity index (χ1v) is 8.93. The highest BCUT2D eigenvalue weighted by atomic mass is 35.5. The zero-order valence-electron chi connectivity index (χ0n) is 14.3. The van der Waals surface area contributed by atoms with Crippen LogP contribution in [0.15, 0.2) is 22.7 Å². The summed E-state index contributed by atoms with van der Waals surface area (Å²) in [6, 6.07) is 5.34. The molecule has 0 bridgehead atoms. The lowest BCUT2D eigenvalue weighted by atomic mass is 9.98. The van der Waals surface area contributed by atoms with E-state index in [1.165, 1.54) is 0 Å². The number of urea groups is 1. The average Bonchev–Trinajstić information content (AvgIpc) is 3.25. The van der Waals surface area contributed by atoms with Gasteiger partial charge in [-0.3, -0.25) is 0 Å². The maximum atomic E-state index is 12.5. The second kappa shape index (κ2) is 6.95. The number of benzene rings is 1. The van der Waals surface area contributed by atoms with Crippen LogP contribution < -0.4 is 5.32 Å². The van der Waals surface area contributed by atoms with Gasteiger partial charge in [0.05, 0.1) is 17.6 Å². The molecule has 1 saturated heterocycles. The van der Waals surface area contributed by atoms with E-state index in [1.54, 1.807) is 17.9 Å². The van der Waals surface area contributed by atoms with E-state index < -0.39 is 0 Å². The number of aromatic amines is 1. The van der Waals surface area contributed by atoms with Crippen molar-refractivity contribution in [3.05, 3.63) is 40.8 Å². The quantitative estimate of drug-likeness (QED) is 0.734. The Hall–Kier alpha value is -2.61. The van der Waals surface area contributed by atoms with E-state index in [1.807, 2.05) is 12.1 Å². The number of nitrogens with zero attached hydrogens (tertiary/aromatic N) is 4. The molecule has 4 rings (SSSR count). The number of rotatable bonds is 3. The van der Waals surface area contributed by atoms with Gasteiger partial charge in [-0.15, -0.1) is 0 Å². The van der Waals surface area contributed by atoms with Gasteiger partial charge in [0.2, 0.25) is 5.89 Å². The Morgan fingerprint density at radius 3 is 3.15 bits per heavy atom. The molecule has 1 atom stereocenters. The van der Waals surface area contributed by atoms with Gasteiger partial charge in [0.15, 0.2) is 5.82 Å². The van der Waals surface area contributed by atoms with Crippen LogP contribution in [0.3, 0.4) is 0 Å². The first-order valence-electron chi connectivity index (χ1n) is 8.55. The van der Waals surface area contributed by atoms with Crippen molar-refractivity contribution in [1.29, 1.82) is 0 Å². The molecule has 0 unspecified atom stereocenters. The van der Waals surface area contributed by atoms with Crippen LogP contribution in [0.5, 0.6) is 0 Å². The minimum absolute atomic E-state index is 0.111. The molecule has 1 fully saturated rings. The van der Waals surface area contributed by atoms with E-state index >= 15 is 0 Å². The summed E-state index contributed by atoms with van der Waals surface area (Å²) in [6.07, 6.45) is 1.86. The maximum absolute atomic E-state index is 12.5. The van der Waals surface area contributed by atoms with Crippen molar-refractivity contribution in [3.8, 4) is 0 Å². The van der Waals surface area contributed by atoms with Crippen LogP contribution >= 0.6 is 11.6 Å². The predicted octanol–water partition coefficient (Wildman–Crippen LogP) is 3.00. The third-order valence-corrected chi connectivity index (χ3v) is 4.75. The van der Waals surface area contributed by atoms with Crippen molar-refractivity contribution >= 4 is 28.7 Å². The number of aryl methyl sites for hydroxylation is 1. The van der Waals surface area contributed by atoms with Gasteiger partial charge in [-0.05, 0) is 31.0 Å². The molecule has 1 aliphatic rings. The Morgan fingerprint density at radius 2 is 2.35 bits per heavy atom. The third-order valence-electron chi connectivity index (χ3n) is 4.52. The second-order valence-corrected chi connectivity index (χ2v) is 6.90. The van der Waals surface area contributed by atoms with E-state index in [0.29, 0.717) is 35.7 Å². The zero-order valence-corrected chi connectivity index (χ0v) is 15.1. The zero-order chi connectivity index (χ0) is 18.1. The first kappa shape index (κ1) is 16.8. The lowest BCUT2D eigenvalue weighted by Gasteiger charge is -2.31. The summed E-state index contributed by atoms with van der Waals surface area (Å²) in [5.74, 6) is 2.03. The summed E-state index contributed by atoms with van der Waals surface area (Å²) in [5.41, 5.74) is 1.68. The summed E-state index contributed by atoms with van der Waals surface area (Å²) >= 11 is 5.98.